The minimum atomic E-state index is -3.95. The van der Waals surface area contributed by atoms with Crippen LogP contribution >= 0.6 is 0 Å². The van der Waals surface area contributed by atoms with Crippen LogP contribution in [0.15, 0.2) is 47.4 Å². The van der Waals surface area contributed by atoms with Gasteiger partial charge in [0.25, 0.3) is 0 Å². The monoisotopic (exact) mass is 518 g/mol. The van der Waals surface area contributed by atoms with Gasteiger partial charge >= 0.3 is 0 Å². The lowest BCUT2D eigenvalue weighted by Gasteiger charge is -2.37. The van der Waals surface area contributed by atoms with Crippen molar-refractivity contribution in [2.45, 2.75) is 56.9 Å². The number of nitrogens with zero attached hydrogens (tertiary/aromatic N) is 2. The normalized spacial score (nSPS) is 20.9. The first kappa shape index (κ1) is 28.1. The number of hydrogen-bond acceptors (Lipinski definition) is 6. The molecule has 1 aliphatic heterocycles. The van der Waals surface area contributed by atoms with Crippen molar-refractivity contribution >= 4 is 10.0 Å². The average molecular weight is 519 g/mol. The molecule has 1 aliphatic rings. The van der Waals surface area contributed by atoms with Crippen LogP contribution in [0.2, 0.25) is 0 Å². The van der Waals surface area contributed by atoms with Crippen LogP contribution in [0.3, 0.4) is 0 Å². The summed E-state index contributed by atoms with van der Waals surface area (Å²) in [6.45, 7) is 7.64. The van der Waals surface area contributed by atoms with Crippen LogP contribution in [-0.2, 0) is 16.6 Å². The molecule has 0 saturated heterocycles. The van der Waals surface area contributed by atoms with Gasteiger partial charge in [0.2, 0.25) is 10.0 Å². The summed E-state index contributed by atoms with van der Waals surface area (Å²) in [5.74, 6) is 5.29. The predicted molar refractivity (Wildman–Crippen MR) is 136 cm³/mol. The first-order valence-electron chi connectivity index (χ1n) is 11.9. The first-order valence-corrected chi connectivity index (χ1v) is 13.4. The number of ether oxygens (including phenoxy) is 1. The van der Waals surface area contributed by atoms with E-state index in [2.05, 4.69) is 11.8 Å². The van der Waals surface area contributed by atoms with Gasteiger partial charge < -0.3 is 14.9 Å². The van der Waals surface area contributed by atoms with E-state index in [-0.39, 0.29) is 41.6 Å². The van der Waals surface area contributed by atoms with Crippen LogP contribution < -0.4 is 4.74 Å². The molecule has 0 aliphatic carbocycles. The molecule has 0 bridgehead atoms. The Morgan fingerprint density at radius 3 is 2.53 bits per heavy atom. The largest absolute Gasteiger partial charge is 0.487 e. The minimum absolute atomic E-state index is 0.00898. The molecule has 7 nitrogen and oxygen atoms in total. The van der Waals surface area contributed by atoms with Crippen molar-refractivity contribution in [1.82, 2.24) is 9.21 Å². The fraction of sp³-hybridized carbons (Fsp3) is 0.481. The van der Waals surface area contributed by atoms with Gasteiger partial charge in [0.1, 0.15) is 28.2 Å². The maximum Gasteiger partial charge on any atom is 0.247 e. The van der Waals surface area contributed by atoms with Gasteiger partial charge in [0, 0.05) is 37.2 Å². The molecule has 3 atom stereocenters. The van der Waals surface area contributed by atoms with Crippen LogP contribution in [0.1, 0.15) is 38.8 Å². The summed E-state index contributed by atoms with van der Waals surface area (Å²) < 4.78 is 48.1. The number of aliphatic hydroxyl groups is 2. The van der Waals surface area contributed by atoms with Crippen molar-refractivity contribution in [2.75, 3.05) is 26.7 Å². The molecular formula is C27H35FN2O5S. The van der Waals surface area contributed by atoms with Crippen molar-refractivity contribution in [2.24, 2.45) is 5.92 Å². The second kappa shape index (κ2) is 11.3. The summed E-state index contributed by atoms with van der Waals surface area (Å²) in [6, 6.07) is 10.3. The summed E-state index contributed by atoms with van der Waals surface area (Å²) in [5.41, 5.74) is 0.254. The van der Waals surface area contributed by atoms with Gasteiger partial charge in [-0.05, 0) is 63.7 Å². The average Bonchev–Trinajstić information content (AvgIpc) is 2.80. The minimum Gasteiger partial charge on any atom is -0.487 e. The van der Waals surface area contributed by atoms with Gasteiger partial charge in [-0.15, -0.1) is 0 Å². The van der Waals surface area contributed by atoms with E-state index >= 15 is 0 Å². The number of hydrogen-bond donors (Lipinski definition) is 2. The van der Waals surface area contributed by atoms with E-state index in [9.17, 15) is 23.0 Å². The van der Waals surface area contributed by atoms with E-state index in [1.165, 1.54) is 22.5 Å². The number of aliphatic hydroxyl groups excluding tert-OH is 1. The second-order valence-corrected chi connectivity index (χ2v) is 11.9. The molecule has 0 saturated carbocycles. The quantitative estimate of drug-likeness (QED) is 0.572. The van der Waals surface area contributed by atoms with Gasteiger partial charge in [-0.3, -0.25) is 4.90 Å². The first-order chi connectivity index (χ1) is 16.8. The van der Waals surface area contributed by atoms with Crippen molar-refractivity contribution in [3.05, 3.63) is 59.4 Å². The fourth-order valence-electron chi connectivity index (χ4n) is 4.02. The number of likely N-dealkylation sites (N-methyl/N-ethyl adjacent to an activating group) is 1. The Hall–Kier alpha value is -2.48. The van der Waals surface area contributed by atoms with E-state index in [1.807, 2.05) is 18.9 Å². The highest BCUT2D eigenvalue weighted by molar-refractivity contribution is 7.89. The molecule has 9 heteroatoms. The van der Waals surface area contributed by atoms with E-state index < -0.39 is 21.7 Å². The Morgan fingerprint density at radius 1 is 1.25 bits per heavy atom. The van der Waals surface area contributed by atoms with Crippen molar-refractivity contribution in [3.8, 4) is 17.6 Å². The molecule has 0 radical (unpaired) electrons. The van der Waals surface area contributed by atoms with Crippen LogP contribution in [0.5, 0.6) is 5.75 Å². The number of sulfonamides is 1. The molecule has 0 aromatic heterocycles. The van der Waals surface area contributed by atoms with Gasteiger partial charge in [0.05, 0.1) is 6.61 Å². The molecule has 36 heavy (non-hydrogen) atoms. The maximum atomic E-state index is 13.6. The van der Waals surface area contributed by atoms with Crippen LogP contribution in [-0.4, -0.2) is 72.3 Å². The third-order valence-electron chi connectivity index (χ3n) is 6.04. The van der Waals surface area contributed by atoms with Crippen LogP contribution in [0, 0.1) is 23.6 Å². The fourth-order valence-corrected chi connectivity index (χ4v) is 5.85. The van der Waals surface area contributed by atoms with Crippen molar-refractivity contribution in [1.29, 1.82) is 0 Å². The van der Waals surface area contributed by atoms with Crippen molar-refractivity contribution < 1.29 is 27.8 Å². The van der Waals surface area contributed by atoms with Crippen LogP contribution in [0.4, 0.5) is 4.39 Å². The number of rotatable bonds is 6. The summed E-state index contributed by atoms with van der Waals surface area (Å²) in [4.78, 5) is 2.05. The maximum absolute atomic E-state index is 13.6. The Labute approximate surface area is 213 Å². The second-order valence-electron chi connectivity index (χ2n) is 10.0. The summed E-state index contributed by atoms with van der Waals surface area (Å²) >= 11 is 0. The SMILES string of the molecule is C[C@H](CO)N1C[C@H](C)[C@H](CN(C)Cc2ccc(F)cc2)Oc2cc(C#CC(C)(C)O)ccc2S1(=O)=O. The van der Waals surface area contributed by atoms with E-state index in [0.717, 1.165) is 5.56 Å². The Morgan fingerprint density at radius 2 is 1.92 bits per heavy atom. The molecule has 2 N–H and O–H groups in total. The van der Waals surface area contributed by atoms with E-state index in [0.29, 0.717) is 18.7 Å². The third kappa shape index (κ3) is 7.05. The van der Waals surface area contributed by atoms with Gasteiger partial charge in [0.15, 0.2) is 0 Å². The molecule has 2 aromatic carbocycles. The van der Waals surface area contributed by atoms with E-state index in [1.54, 1.807) is 45.0 Å². The molecule has 2 aromatic rings. The zero-order chi connectivity index (χ0) is 26.7. The molecule has 1 heterocycles. The lowest BCUT2D eigenvalue weighted by molar-refractivity contribution is 0.0733. The highest BCUT2D eigenvalue weighted by Crippen LogP contribution is 2.34. The Kier molecular flexibility index (Phi) is 8.80. The van der Waals surface area contributed by atoms with E-state index in [4.69, 9.17) is 4.74 Å². The zero-order valence-corrected chi connectivity index (χ0v) is 22.2. The highest BCUT2D eigenvalue weighted by Gasteiger charge is 2.38. The molecule has 0 unspecified atom stereocenters. The number of halogens is 1. The highest BCUT2D eigenvalue weighted by atomic mass is 32.2. The summed E-state index contributed by atoms with van der Waals surface area (Å²) in [6.07, 6.45) is -0.379. The van der Waals surface area contributed by atoms with Crippen molar-refractivity contribution in [3.63, 3.8) is 0 Å². The zero-order valence-electron chi connectivity index (χ0n) is 21.4. The summed E-state index contributed by atoms with van der Waals surface area (Å²) in [7, 11) is -2.02. The van der Waals surface area contributed by atoms with Gasteiger partial charge in [-0.25, -0.2) is 12.8 Å². The van der Waals surface area contributed by atoms with Crippen LogP contribution in [0.25, 0.3) is 0 Å². The topological polar surface area (TPSA) is 90.3 Å². The lowest BCUT2D eigenvalue weighted by atomic mass is 10.0. The Balaban J connectivity index is 1.99. The smallest absolute Gasteiger partial charge is 0.247 e. The van der Waals surface area contributed by atoms with Gasteiger partial charge in [-0.1, -0.05) is 30.9 Å². The standard InChI is InChI=1S/C27H35FN2O5S/c1-19-15-30(20(2)18-31)36(33,34)26-11-8-21(12-13-27(3,4)32)14-24(26)35-25(19)17-29(5)16-22-6-9-23(28)10-7-22/h6-11,14,19-20,25,31-32H,15-18H2,1-5H3/t19-,20+,25-/m0/s1. The Bertz CT molecular complexity index is 1220. The molecule has 3 rings (SSSR count). The molecule has 0 fully saturated rings. The van der Waals surface area contributed by atoms with Gasteiger partial charge in [-0.2, -0.15) is 4.31 Å². The number of benzene rings is 2. The number of fused-ring (bicyclic) bond motifs is 1. The molecule has 196 valence electrons. The molecule has 0 spiro atoms. The molecular weight excluding hydrogens is 483 g/mol. The predicted octanol–water partition coefficient (Wildman–Crippen LogP) is 2.85. The lowest BCUT2D eigenvalue weighted by Crippen LogP contribution is -2.49. The summed E-state index contributed by atoms with van der Waals surface area (Å²) in [5, 5.41) is 19.7. The molecule has 0 amide bonds. The third-order valence-corrected chi connectivity index (χ3v) is 8.06.